The minimum atomic E-state index is -0.230. The molecule has 0 spiro atoms. The van der Waals surface area contributed by atoms with Gasteiger partial charge in [-0.25, -0.2) is 4.39 Å². The highest BCUT2D eigenvalue weighted by Gasteiger charge is 2.26. The van der Waals surface area contributed by atoms with Gasteiger partial charge in [-0.3, -0.25) is 0 Å². The van der Waals surface area contributed by atoms with E-state index in [1.807, 2.05) is 36.4 Å². The van der Waals surface area contributed by atoms with Crippen LogP contribution in [0.1, 0.15) is 35.6 Å². The van der Waals surface area contributed by atoms with Crippen LogP contribution in [-0.2, 0) is 11.3 Å². The molecule has 1 heterocycles. The maximum Gasteiger partial charge on any atom is 0.123 e. The van der Waals surface area contributed by atoms with E-state index in [4.69, 9.17) is 10.00 Å². The molecule has 4 heteroatoms. The average molecular weight is 310 g/mol. The molecular weight excluding hydrogens is 291 g/mol. The molecule has 0 aliphatic carbocycles. The van der Waals surface area contributed by atoms with E-state index >= 15 is 0 Å². The van der Waals surface area contributed by atoms with Crippen molar-refractivity contribution in [2.24, 2.45) is 0 Å². The highest BCUT2D eigenvalue weighted by molar-refractivity contribution is 5.31. The molecule has 1 saturated heterocycles. The van der Waals surface area contributed by atoms with Crippen molar-refractivity contribution >= 4 is 0 Å². The summed E-state index contributed by atoms with van der Waals surface area (Å²) in [4.78, 5) is 0. The molecule has 0 radical (unpaired) electrons. The second-order valence-electron chi connectivity index (χ2n) is 5.77. The first-order valence-corrected chi connectivity index (χ1v) is 7.86. The van der Waals surface area contributed by atoms with Crippen molar-refractivity contribution in [2.75, 3.05) is 6.61 Å². The zero-order valence-corrected chi connectivity index (χ0v) is 12.8. The van der Waals surface area contributed by atoms with Crippen LogP contribution < -0.4 is 5.32 Å². The first-order chi connectivity index (χ1) is 11.3. The van der Waals surface area contributed by atoms with Crippen LogP contribution in [0.25, 0.3) is 0 Å². The highest BCUT2D eigenvalue weighted by Crippen LogP contribution is 2.27. The quantitative estimate of drug-likeness (QED) is 0.915. The van der Waals surface area contributed by atoms with E-state index in [1.165, 1.54) is 12.1 Å². The second kappa shape index (κ2) is 7.36. The molecular formula is C19H19FN2O. The summed E-state index contributed by atoms with van der Waals surface area (Å²) in [6.07, 6.45) is 2.17. The van der Waals surface area contributed by atoms with Crippen molar-refractivity contribution in [3.63, 3.8) is 0 Å². The van der Waals surface area contributed by atoms with E-state index in [1.54, 1.807) is 0 Å². The van der Waals surface area contributed by atoms with Crippen molar-refractivity contribution < 1.29 is 9.13 Å². The predicted molar refractivity (Wildman–Crippen MR) is 86.1 cm³/mol. The summed E-state index contributed by atoms with van der Waals surface area (Å²) in [5.41, 5.74) is 2.80. The van der Waals surface area contributed by atoms with E-state index in [9.17, 15) is 4.39 Å². The number of hydrogen-bond donors (Lipinski definition) is 1. The molecule has 2 aromatic rings. The third-order valence-corrected chi connectivity index (χ3v) is 4.17. The standard InChI is InChI=1S/C19H19FN2O/c20-17-9-7-16(8-10-17)19(18-2-1-11-23-18)22-13-15-5-3-14(12-21)4-6-15/h3-10,18-19,22H,1-2,11,13H2/t18-,19-/m1/s1. The lowest BCUT2D eigenvalue weighted by Gasteiger charge is -2.25. The Morgan fingerprint density at radius 3 is 2.52 bits per heavy atom. The lowest BCUT2D eigenvalue weighted by Crippen LogP contribution is -2.31. The normalized spacial score (nSPS) is 18.5. The SMILES string of the molecule is N#Cc1ccc(CN[C@H](c2ccc(F)cc2)[C@H]2CCCO2)cc1. The molecule has 0 aromatic heterocycles. The van der Waals surface area contributed by atoms with Crippen LogP contribution in [-0.4, -0.2) is 12.7 Å². The Hall–Kier alpha value is -2.22. The number of nitriles is 1. The van der Waals surface area contributed by atoms with Gasteiger partial charge in [0.05, 0.1) is 23.8 Å². The fourth-order valence-electron chi connectivity index (χ4n) is 2.92. The molecule has 0 bridgehead atoms. The number of hydrogen-bond acceptors (Lipinski definition) is 3. The zero-order valence-electron chi connectivity index (χ0n) is 12.8. The summed E-state index contributed by atoms with van der Waals surface area (Å²) in [5.74, 6) is -0.230. The number of nitrogens with zero attached hydrogens (tertiary/aromatic N) is 1. The van der Waals surface area contributed by atoms with Crippen LogP contribution in [0.3, 0.4) is 0 Å². The molecule has 2 atom stereocenters. The summed E-state index contributed by atoms with van der Waals surface area (Å²) >= 11 is 0. The lowest BCUT2D eigenvalue weighted by molar-refractivity contribution is 0.0776. The molecule has 1 aliphatic heterocycles. The van der Waals surface area contributed by atoms with Gasteiger partial charge < -0.3 is 10.1 Å². The maximum atomic E-state index is 13.2. The molecule has 23 heavy (non-hydrogen) atoms. The Balaban J connectivity index is 1.72. The third-order valence-electron chi connectivity index (χ3n) is 4.17. The summed E-state index contributed by atoms with van der Waals surface area (Å²) in [6, 6.07) is 16.3. The van der Waals surface area contributed by atoms with Crippen molar-refractivity contribution in [2.45, 2.75) is 31.5 Å². The molecule has 3 rings (SSSR count). The molecule has 3 nitrogen and oxygen atoms in total. The minimum absolute atomic E-state index is 0.0359. The van der Waals surface area contributed by atoms with Gasteiger partial charge in [0.15, 0.2) is 0 Å². The largest absolute Gasteiger partial charge is 0.376 e. The Bertz CT molecular complexity index is 670. The summed E-state index contributed by atoms with van der Waals surface area (Å²) in [6.45, 7) is 1.45. The average Bonchev–Trinajstić information content (AvgIpc) is 3.11. The molecule has 1 N–H and O–H groups in total. The zero-order chi connectivity index (χ0) is 16.1. The fraction of sp³-hybridized carbons (Fsp3) is 0.316. The van der Waals surface area contributed by atoms with E-state index in [0.717, 1.165) is 30.6 Å². The van der Waals surface area contributed by atoms with Gasteiger partial charge >= 0.3 is 0 Å². The first-order valence-electron chi connectivity index (χ1n) is 7.86. The molecule has 1 aliphatic rings. The number of ether oxygens (including phenoxy) is 1. The predicted octanol–water partition coefficient (Wildman–Crippen LogP) is 3.71. The molecule has 2 aromatic carbocycles. The molecule has 1 fully saturated rings. The van der Waals surface area contributed by atoms with Gasteiger partial charge in [0.2, 0.25) is 0 Å². The molecule has 118 valence electrons. The van der Waals surface area contributed by atoms with Crippen LogP contribution in [0, 0.1) is 17.1 Å². The Morgan fingerprint density at radius 2 is 1.91 bits per heavy atom. The van der Waals surface area contributed by atoms with Crippen molar-refractivity contribution in [3.8, 4) is 6.07 Å². The smallest absolute Gasteiger partial charge is 0.123 e. The Labute approximate surface area is 135 Å². The van der Waals surface area contributed by atoms with Gasteiger partial charge in [-0.15, -0.1) is 0 Å². The van der Waals surface area contributed by atoms with Gasteiger partial charge in [-0.1, -0.05) is 24.3 Å². The molecule has 0 amide bonds. The third kappa shape index (κ3) is 3.95. The number of halogens is 1. The van der Waals surface area contributed by atoms with Crippen molar-refractivity contribution in [1.29, 1.82) is 5.26 Å². The van der Waals surface area contributed by atoms with Gasteiger partial charge in [0.1, 0.15) is 5.82 Å². The fourth-order valence-corrected chi connectivity index (χ4v) is 2.92. The summed E-state index contributed by atoms with van der Waals surface area (Å²) < 4.78 is 19.0. The van der Waals surface area contributed by atoms with Crippen LogP contribution >= 0.6 is 0 Å². The van der Waals surface area contributed by atoms with E-state index in [2.05, 4.69) is 11.4 Å². The number of nitrogens with one attached hydrogen (secondary N) is 1. The van der Waals surface area contributed by atoms with Gasteiger partial charge in [0, 0.05) is 13.2 Å². The van der Waals surface area contributed by atoms with E-state index in [-0.39, 0.29) is 18.0 Å². The highest BCUT2D eigenvalue weighted by atomic mass is 19.1. The van der Waals surface area contributed by atoms with Crippen LogP contribution in [0.15, 0.2) is 48.5 Å². The summed E-state index contributed by atoms with van der Waals surface area (Å²) in [5, 5.41) is 12.4. The first kappa shape index (κ1) is 15.7. The number of rotatable bonds is 5. The van der Waals surface area contributed by atoms with Crippen LogP contribution in [0.4, 0.5) is 4.39 Å². The molecule has 0 unspecified atom stereocenters. The minimum Gasteiger partial charge on any atom is -0.376 e. The van der Waals surface area contributed by atoms with Gasteiger partial charge in [-0.2, -0.15) is 5.26 Å². The van der Waals surface area contributed by atoms with Gasteiger partial charge in [-0.05, 0) is 48.2 Å². The van der Waals surface area contributed by atoms with Gasteiger partial charge in [0.25, 0.3) is 0 Å². The molecule has 0 saturated carbocycles. The van der Waals surface area contributed by atoms with Crippen molar-refractivity contribution in [1.82, 2.24) is 5.32 Å². The van der Waals surface area contributed by atoms with E-state index < -0.39 is 0 Å². The Morgan fingerprint density at radius 1 is 1.17 bits per heavy atom. The van der Waals surface area contributed by atoms with Crippen LogP contribution in [0.2, 0.25) is 0 Å². The van der Waals surface area contributed by atoms with Crippen LogP contribution in [0.5, 0.6) is 0 Å². The van der Waals surface area contributed by atoms with E-state index in [0.29, 0.717) is 12.1 Å². The Kier molecular flexibility index (Phi) is 5.02. The maximum absolute atomic E-state index is 13.2. The number of benzene rings is 2. The monoisotopic (exact) mass is 310 g/mol. The lowest BCUT2D eigenvalue weighted by atomic mass is 9.99. The topological polar surface area (TPSA) is 45.0 Å². The van der Waals surface area contributed by atoms with Crippen molar-refractivity contribution in [3.05, 3.63) is 71.0 Å². The summed E-state index contributed by atoms with van der Waals surface area (Å²) in [7, 11) is 0. The second-order valence-corrected chi connectivity index (χ2v) is 5.77.